The summed E-state index contributed by atoms with van der Waals surface area (Å²) in [5.41, 5.74) is 0.715. The van der Waals surface area contributed by atoms with E-state index in [1.807, 2.05) is 19.9 Å². The van der Waals surface area contributed by atoms with Crippen LogP contribution in [0.15, 0.2) is 24.3 Å². The van der Waals surface area contributed by atoms with E-state index < -0.39 is 0 Å². The second kappa shape index (κ2) is 7.36. The van der Waals surface area contributed by atoms with Crippen molar-refractivity contribution in [2.75, 3.05) is 13.2 Å². The van der Waals surface area contributed by atoms with Gasteiger partial charge in [0.05, 0.1) is 0 Å². The van der Waals surface area contributed by atoms with E-state index in [1.165, 1.54) is 6.07 Å². The summed E-state index contributed by atoms with van der Waals surface area (Å²) in [6.45, 7) is 5.08. The Labute approximate surface area is 96.4 Å². The molecular weight excluding hydrogens is 207 g/mol. The number of halogens is 1. The Balaban J connectivity index is 2.45. The molecule has 1 aromatic carbocycles. The third-order valence-corrected chi connectivity index (χ3v) is 2.31. The van der Waals surface area contributed by atoms with Crippen molar-refractivity contribution in [1.82, 2.24) is 0 Å². The van der Waals surface area contributed by atoms with Crippen molar-refractivity contribution in [2.45, 2.75) is 33.0 Å². The van der Waals surface area contributed by atoms with Crippen molar-refractivity contribution in [2.24, 2.45) is 0 Å². The van der Waals surface area contributed by atoms with E-state index in [-0.39, 0.29) is 12.1 Å². The van der Waals surface area contributed by atoms with Gasteiger partial charge in [0.25, 0.3) is 0 Å². The van der Waals surface area contributed by atoms with E-state index in [1.54, 1.807) is 12.1 Å². The van der Waals surface area contributed by atoms with Crippen LogP contribution in [0, 0.1) is 5.82 Å². The molecule has 0 saturated heterocycles. The first-order chi connectivity index (χ1) is 7.77. The highest BCUT2D eigenvalue weighted by atomic mass is 19.1. The molecule has 0 unspecified atom stereocenters. The minimum Gasteiger partial charge on any atom is -0.353 e. The quantitative estimate of drug-likeness (QED) is 0.665. The highest BCUT2D eigenvalue weighted by Gasteiger charge is 2.09. The predicted octanol–water partition coefficient (Wildman–Crippen LogP) is 3.16. The van der Waals surface area contributed by atoms with Crippen molar-refractivity contribution in [3.8, 4) is 0 Å². The zero-order valence-corrected chi connectivity index (χ0v) is 9.91. The number of ether oxygens (including phenoxy) is 2. The van der Waals surface area contributed by atoms with E-state index in [2.05, 4.69) is 0 Å². The molecule has 1 rings (SSSR count). The van der Waals surface area contributed by atoms with Gasteiger partial charge in [0.1, 0.15) is 5.82 Å². The molecule has 0 aliphatic carbocycles. The molecule has 0 atom stereocenters. The molecule has 1 aromatic rings. The van der Waals surface area contributed by atoms with Crippen LogP contribution in [0.3, 0.4) is 0 Å². The Kier molecular flexibility index (Phi) is 6.04. The fourth-order valence-corrected chi connectivity index (χ4v) is 1.56. The van der Waals surface area contributed by atoms with Crippen LogP contribution in [0.5, 0.6) is 0 Å². The smallest absolute Gasteiger partial charge is 0.157 e. The van der Waals surface area contributed by atoms with Crippen LogP contribution in [0.25, 0.3) is 0 Å². The van der Waals surface area contributed by atoms with Crippen molar-refractivity contribution >= 4 is 0 Å². The molecule has 3 heteroatoms. The molecule has 0 radical (unpaired) electrons. The zero-order chi connectivity index (χ0) is 11.8. The molecule has 0 aromatic heterocycles. The SMILES string of the molecule is CCOC(CCc1ccccc1F)OCC. The van der Waals surface area contributed by atoms with E-state index in [0.29, 0.717) is 31.6 Å². The first-order valence-corrected chi connectivity index (χ1v) is 5.74. The van der Waals surface area contributed by atoms with Gasteiger partial charge in [-0.3, -0.25) is 0 Å². The zero-order valence-electron chi connectivity index (χ0n) is 9.91. The van der Waals surface area contributed by atoms with Gasteiger partial charge in [-0.25, -0.2) is 4.39 Å². The van der Waals surface area contributed by atoms with Gasteiger partial charge in [-0.1, -0.05) is 18.2 Å². The number of rotatable bonds is 7. The third-order valence-electron chi connectivity index (χ3n) is 2.31. The summed E-state index contributed by atoms with van der Waals surface area (Å²) in [6.07, 6.45) is 1.09. The average molecular weight is 226 g/mol. The summed E-state index contributed by atoms with van der Waals surface area (Å²) in [7, 11) is 0. The van der Waals surface area contributed by atoms with E-state index in [0.717, 1.165) is 0 Å². The Bertz CT molecular complexity index is 296. The number of hydrogen-bond donors (Lipinski definition) is 0. The lowest BCUT2D eigenvalue weighted by Gasteiger charge is -2.16. The van der Waals surface area contributed by atoms with Gasteiger partial charge in [0.2, 0.25) is 0 Å². The Morgan fingerprint density at radius 2 is 1.75 bits per heavy atom. The Morgan fingerprint density at radius 1 is 1.12 bits per heavy atom. The summed E-state index contributed by atoms with van der Waals surface area (Å²) >= 11 is 0. The summed E-state index contributed by atoms with van der Waals surface area (Å²) < 4.78 is 24.1. The molecule has 0 aliphatic rings. The van der Waals surface area contributed by atoms with Crippen LogP contribution in [-0.4, -0.2) is 19.5 Å². The lowest BCUT2D eigenvalue weighted by Crippen LogP contribution is -2.18. The molecule has 0 spiro atoms. The molecule has 0 fully saturated rings. The number of aryl methyl sites for hydroxylation is 1. The second-order valence-electron chi connectivity index (χ2n) is 3.47. The van der Waals surface area contributed by atoms with E-state index in [4.69, 9.17) is 9.47 Å². The molecule has 0 heterocycles. The van der Waals surface area contributed by atoms with Gasteiger partial charge in [-0.2, -0.15) is 0 Å². The summed E-state index contributed by atoms with van der Waals surface area (Å²) in [4.78, 5) is 0. The molecule has 0 saturated carbocycles. The lowest BCUT2D eigenvalue weighted by atomic mass is 10.1. The van der Waals surface area contributed by atoms with Gasteiger partial charge in [0.15, 0.2) is 6.29 Å². The molecule has 0 aliphatic heterocycles. The van der Waals surface area contributed by atoms with Crippen molar-refractivity contribution in [3.05, 3.63) is 35.6 Å². The van der Waals surface area contributed by atoms with E-state index in [9.17, 15) is 4.39 Å². The monoisotopic (exact) mass is 226 g/mol. The standard InChI is InChI=1S/C13H19FO2/c1-3-15-13(16-4-2)10-9-11-7-5-6-8-12(11)14/h5-8,13H,3-4,9-10H2,1-2H3. The van der Waals surface area contributed by atoms with Crippen molar-refractivity contribution < 1.29 is 13.9 Å². The molecule has 0 bridgehead atoms. The first-order valence-electron chi connectivity index (χ1n) is 5.74. The molecule has 90 valence electrons. The normalized spacial score (nSPS) is 11.0. The molecular formula is C13H19FO2. The van der Waals surface area contributed by atoms with Crippen molar-refractivity contribution in [3.63, 3.8) is 0 Å². The minimum atomic E-state index is -0.227. The van der Waals surface area contributed by atoms with E-state index >= 15 is 0 Å². The summed E-state index contributed by atoms with van der Waals surface area (Å²) in [6, 6.07) is 6.81. The predicted molar refractivity (Wildman–Crippen MR) is 61.8 cm³/mol. The Morgan fingerprint density at radius 3 is 2.31 bits per heavy atom. The number of benzene rings is 1. The number of hydrogen-bond acceptors (Lipinski definition) is 2. The molecule has 16 heavy (non-hydrogen) atoms. The molecule has 2 nitrogen and oxygen atoms in total. The summed E-state index contributed by atoms with van der Waals surface area (Å²) in [5.74, 6) is -0.158. The highest BCUT2D eigenvalue weighted by molar-refractivity contribution is 5.17. The molecule has 0 N–H and O–H groups in total. The van der Waals surface area contributed by atoms with Crippen LogP contribution in [0.2, 0.25) is 0 Å². The minimum absolute atomic E-state index is 0.158. The van der Waals surface area contributed by atoms with Gasteiger partial charge >= 0.3 is 0 Å². The van der Waals surface area contributed by atoms with Gasteiger partial charge in [0, 0.05) is 19.6 Å². The second-order valence-corrected chi connectivity index (χ2v) is 3.47. The largest absolute Gasteiger partial charge is 0.353 e. The fourth-order valence-electron chi connectivity index (χ4n) is 1.56. The average Bonchev–Trinajstić information content (AvgIpc) is 2.28. The lowest BCUT2D eigenvalue weighted by molar-refractivity contribution is -0.139. The van der Waals surface area contributed by atoms with Gasteiger partial charge in [-0.05, 0) is 31.9 Å². The van der Waals surface area contributed by atoms with Crippen LogP contribution in [-0.2, 0) is 15.9 Å². The van der Waals surface area contributed by atoms with Gasteiger partial charge < -0.3 is 9.47 Å². The van der Waals surface area contributed by atoms with Gasteiger partial charge in [-0.15, -0.1) is 0 Å². The Hall–Kier alpha value is -0.930. The topological polar surface area (TPSA) is 18.5 Å². The molecule has 0 amide bonds. The van der Waals surface area contributed by atoms with Crippen molar-refractivity contribution in [1.29, 1.82) is 0 Å². The first kappa shape index (κ1) is 13.1. The van der Waals surface area contributed by atoms with Crippen LogP contribution in [0.1, 0.15) is 25.8 Å². The highest BCUT2D eigenvalue weighted by Crippen LogP contribution is 2.12. The third kappa shape index (κ3) is 4.29. The maximum absolute atomic E-state index is 13.3. The summed E-state index contributed by atoms with van der Waals surface area (Å²) in [5, 5.41) is 0. The van der Waals surface area contributed by atoms with Crippen LogP contribution >= 0.6 is 0 Å². The fraction of sp³-hybridized carbons (Fsp3) is 0.538. The van der Waals surface area contributed by atoms with Crippen LogP contribution in [0.4, 0.5) is 4.39 Å². The maximum Gasteiger partial charge on any atom is 0.157 e. The maximum atomic E-state index is 13.3. The van der Waals surface area contributed by atoms with Crippen LogP contribution < -0.4 is 0 Å².